The lowest BCUT2D eigenvalue weighted by Crippen LogP contribution is -2.27. The molecule has 0 saturated heterocycles. The summed E-state index contributed by atoms with van der Waals surface area (Å²) < 4.78 is 18.9. The zero-order valence-electron chi connectivity index (χ0n) is 18.9. The van der Waals surface area contributed by atoms with Gasteiger partial charge >= 0.3 is 12.1 Å². The minimum absolute atomic E-state index is 0.0182. The topological polar surface area (TPSA) is 105 Å². The lowest BCUT2D eigenvalue weighted by molar-refractivity contribution is -0.116. The van der Waals surface area contributed by atoms with Crippen molar-refractivity contribution in [2.45, 2.75) is 25.2 Å². The number of halogens is 1. The molecule has 35 heavy (non-hydrogen) atoms. The zero-order valence-corrected chi connectivity index (χ0v) is 18.9. The Morgan fingerprint density at radius 1 is 0.914 bits per heavy atom. The minimum atomic E-state index is -1.26. The van der Waals surface area contributed by atoms with E-state index in [1.54, 1.807) is 0 Å². The first kappa shape index (κ1) is 23.9. The van der Waals surface area contributed by atoms with Gasteiger partial charge in [-0.1, -0.05) is 48.5 Å². The Labute approximate surface area is 201 Å². The van der Waals surface area contributed by atoms with Gasteiger partial charge in [0.05, 0.1) is 11.3 Å². The molecule has 1 aliphatic rings. The number of unbranched alkanes of at least 4 members (excludes halogenated alkanes) is 1. The maximum absolute atomic E-state index is 13.4. The molecular weight excluding hydrogens is 451 g/mol. The van der Waals surface area contributed by atoms with Gasteiger partial charge in [0.25, 0.3) is 0 Å². The molecule has 0 saturated carbocycles. The molecule has 0 aliphatic heterocycles. The Morgan fingerprint density at radius 2 is 1.57 bits per heavy atom. The van der Waals surface area contributed by atoms with Gasteiger partial charge in [-0.15, -0.1) is 0 Å². The molecule has 0 unspecified atom stereocenters. The Morgan fingerprint density at radius 3 is 2.23 bits per heavy atom. The largest absolute Gasteiger partial charge is 0.478 e. The number of nitrogens with one attached hydrogen (secondary N) is 2. The number of fused-ring (bicyclic) bond motifs is 3. The molecule has 0 radical (unpaired) electrons. The van der Waals surface area contributed by atoms with Gasteiger partial charge in [-0.3, -0.25) is 4.79 Å². The first-order chi connectivity index (χ1) is 16.9. The number of benzene rings is 3. The molecule has 180 valence electrons. The standard InChI is InChI=1S/C27H25FN2O5/c28-17-12-13-22(26(32)33)24(15-17)30-25(31)11-5-6-14-29-27(34)35-16-23-20-9-3-1-7-18(20)19-8-2-4-10-21(19)23/h1-4,7-10,12-13,15,23H,5-6,11,14,16H2,(H,29,34)(H,30,31)(H,32,33). The number of carbonyl (C=O) groups excluding carboxylic acids is 2. The van der Waals surface area contributed by atoms with Crippen LogP contribution in [0.5, 0.6) is 0 Å². The molecule has 8 heteroatoms. The lowest BCUT2D eigenvalue weighted by Gasteiger charge is -2.14. The van der Waals surface area contributed by atoms with Crippen LogP contribution >= 0.6 is 0 Å². The third kappa shape index (κ3) is 5.66. The van der Waals surface area contributed by atoms with Crippen LogP contribution in [0.3, 0.4) is 0 Å². The first-order valence-corrected chi connectivity index (χ1v) is 11.4. The highest BCUT2D eigenvalue weighted by atomic mass is 19.1. The van der Waals surface area contributed by atoms with Gasteiger partial charge < -0.3 is 20.5 Å². The minimum Gasteiger partial charge on any atom is -0.478 e. The summed E-state index contributed by atoms with van der Waals surface area (Å²) in [6, 6.07) is 19.3. The molecule has 0 spiro atoms. The van der Waals surface area contributed by atoms with Crippen molar-refractivity contribution in [2.24, 2.45) is 0 Å². The smallest absolute Gasteiger partial charge is 0.407 e. The molecule has 3 N–H and O–H groups in total. The summed E-state index contributed by atoms with van der Waals surface area (Å²) in [5.41, 5.74) is 4.32. The number of alkyl carbamates (subject to hydrolysis) is 1. The second kappa shape index (κ2) is 10.8. The fourth-order valence-corrected chi connectivity index (χ4v) is 4.27. The normalized spacial score (nSPS) is 11.9. The van der Waals surface area contributed by atoms with E-state index in [0.29, 0.717) is 19.4 Å². The molecule has 3 aromatic rings. The molecule has 1 aliphatic carbocycles. The van der Waals surface area contributed by atoms with Crippen LogP contribution in [0.25, 0.3) is 11.1 Å². The molecule has 7 nitrogen and oxygen atoms in total. The lowest BCUT2D eigenvalue weighted by atomic mass is 9.98. The van der Waals surface area contributed by atoms with Crippen molar-refractivity contribution >= 4 is 23.7 Å². The van der Waals surface area contributed by atoms with Gasteiger partial charge in [-0.2, -0.15) is 0 Å². The van der Waals surface area contributed by atoms with Crippen LogP contribution in [0.15, 0.2) is 66.7 Å². The molecule has 2 amide bonds. The second-order valence-electron chi connectivity index (χ2n) is 8.25. The summed E-state index contributed by atoms with van der Waals surface area (Å²) in [5, 5.41) is 14.3. The molecule has 4 rings (SSSR count). The number of hydrogen-bond donors (Lipinski definition) is 3. The van der Waals surface area contributed by atoms with Crippen molar-refractivity contribution in [3.63, 3.8) is 0 Å². The number of amides is 2. The fourth-order valence-electron chi connectivity index (χ4n) is 4.27. The van der Waals surface area contributed by atoms with Crippen molar-refractivity contribution in [3.05, 3.63) is 89.2 Å². The van der Waals surface area contributed by atoms with Crippen molar-refractivity contribution in [2.75, 3.05) is 18.5 Å². The molecule has 0 aromatic heterocycles. The second-order valence-corrected chi connectivity index (χ2v) is 8.25. The molecule has 0 heterocycles. The maximum atomic E-state index is 13.4. The summed E-state index contributed by atoms with van der Waals surface area (Å²) in [4.78, 5) is 35.5. The SMILES string of the molecule is O=C(CCCCNC(=O)OCC1c2ccccc2-c2ccccc21)Nc1cc(F)ccc1C(=O)O. The van der Waals surface area contributed by atoms with E-state index in [2.05, 4.69) is 34.9 Å². The summed E-state index contributed by atoms with van der Waals surface area (Å²) in [6.45, 7) is 0.548. The average molecular weight is 477 g/mol. The van der Waals surface area contributed by atoms with Crippen LogP contribution in [-0.2, 0) is 9.53 Å². The monoisotopic (exact) mass is 476 g/mol. The van der Waals surface area contributed by atoms with Crippen molar-refractivity contribution in [1.29, 1.82) is 0 Å². The van der Waals surface area contributed by atoms with E-state index in [0.717, 1.165) is 40.5 Å². The number of ether oxygens (including phenoxy) is 1. The highest BCUT2D eigenvalue weighted by Crippen LogP contribution is 2.44. The van der Waals surface area contributed by atoms with Crippen molar-refractivity contribution in [3.8, 4) is 11.1 Å². The predicted octanol–water partition coefficient (Wildman–Crippen LogP) is 5.17. The van der Waals surface area contributed by atoms with E-state index in [1.807, 2.05) is 24.3 Å². The summed E-state index contributed by atoms with van der Waals surface area (Å²) in [6.07, 6.45) is 0.545. The van der Waals surface area contributed by atoms with Gasteiger partial charge in [0.1, 0.15) is 12.4 Å². The predicted molar refractivity (Wildman–Crippen MR) is 129 cm³/mol. The van der Waals surface area contributed by atoms with Gasteiger partial charge in [0, 0.05) is 18.9 Å². The van der Waals surface area contributed by atoms with Gasteiger partial charge in [0.2, 0.25) is 5.91 Å². The van der Waals surface area contributed by atoms with E-state index >= 15 is 0 Å². The van der Waals surface area contributed by atoms with E-state index < -0.39 is 23.8 Å². The Kier molecular flexibility index (Phi) is 7.40. The van der Waals surface area contributed by atoms with E-state index in [4.69, 9.17) is 9.84 Å². The first-order valence-electron chi connectivity index (χ1n) is 11.4. The van der Waals surface area contributed by atoms with Gasteiger partial charge in [-0.05, 0) is 53.3 Å². The Bertz CT molecular complexity index is 1210. The zero-order chi connectivity index (χ0) is 24.8. The van der Waals surface area contributed by atoms with Crippen LogP contribution in [0.4, 0.5) is 14.9 Å². The highest BCUT2D eigenvalue weighted by molar-refractivity contribution is 6.00. The summed E-state index contributed by atoms with van der Waals surface area (Å²) in [7, 11) is 0. The highest BCUT2D eigenvalue weighted by Gasteiger charge is 2.28. The molecular formula is C27H25FN2O5. The van der Waals surface area contributed by atoms with Crippen molar-refractivity contribution < 1.29 is 28.6 Å². The van der Waals surface area contributed by atoms with Crippen molar-refractivity contribution in [1.82, 2.24) is 5.32 Å². The van der Waals surface area contributed by atoms with Gasteiger partial charge in [-0.25, -0.2) is 14.0 Å². The van der Waals surface area contributed by atoms with E-state index in [1.165, 1.54) is 0 Å². The third-order valence-electron chi connectivity index (χ3n) is 5.93. The molecule has 0 fully saturated rings. The Balaban J connectivity index is 1.19. The third-order valence-corrected chi connectivity index (χ3v) is 5.93. The average Bonchev–Trinajstić information content (AvgIpc) is 3.16. The molecule has 0 bridgehead atoms. The fraction of sp³-hybridized carbons (Fsp3) is 0.222. The van der Waals surface area contributed by atoms with Crippen LogP contribution < -0.4 is 10.6 Å². The number of aromatic carboxylic acids is 1. The number of hydrogen-bond acceptors (Lipinski definition) is 4. The van der Waals surface area contributed by atoms with Crippen LogP contribution in [0.1, 0.15) is 46.7 Å². The van der Waals surface area contributed by atoms with E-state index in [9.17, 15) is 18.8 Å². The van der Waals surface area contributed by atoms with Crippen LogP contribution in [0, 0.1) is 5.82 Å². The van der Waals surface area contributed by atoms with Gasteiger partial charge in [0.15, 0.2) is 0 Å². The number of anilines is 1. The number of rotatable bonds is 9. The number of carboxylic acid groups (broad SMARTS) is 1. The number of carboxylic acids is 1. The number of carbonyl (C=O) groups is 3. The quantitative estimate of drug-likeness (QED) is 0.370. The summed E-state index contributed by atoms with van der Waals surface area (Å²) in [5.74, 6) is -2.35. The molecule has 0 atom stereocenters. The van der Waals surface area contributed by atoms with Crippen LogP contribution in [0.2, 0.25) is 0 Å². The summed E-state index contributed by atoms with van der Waals surface area (Å²) >= 11 is 0. The molecule has 3 aromatic carbocycles. The Hall–Kier alpha value is -4.20. The maximum Gasteiger partial charge on any atom is 0.407 e. The van der Waals surface area contributed by atoms with Crippen LogP contribution in [-0.4, -0.2) is 36.2 Å². The van der Waals surface area contributed by atoms with E-state index in [-0.39, 0.29) is 30.2 Å².